The number of rotatable bonds is 6. The minimum absolute atomic E-state index is 0.0889. The zero-order chi connectivity index (χ0) is 24.5. The number of aromatic hydroxyl groups is 1. The predicted octanol–water partition coefficient (Wildman–Crippen LogP) is 1.98. The van der Waals surface area contributed by atoms with Gasteiger partial charge in [0.05, 0.1) is 12.1 Å². The summed E-state index contributed by atoms with van der Waals surface area (Å²) in [6, 6.07) is 7.31. The number of hydrogen-bond acceptors (Lipinski definition) is 7. The molecule has 5 saturated carbocycles. The van der Waals surface area contributed by atoms with Crippen LogP contribution in [0.5, 0.6) is 5.75 Å². The molecule has 1 aromatic rings. The molecule has 4 bridgehead atoms. The van der Waals surface area contributed by atoms with Crippen molar-refractivity contribution in [3.05, 3.63) is 29.8 Å². The normalized spacial score (nSPS) is 40.0. The van der Waals surface area contributed by atoms with Crippen molar-refractivity contribution in [3.8, 4) is 11.8 Å². The molecule has 6 fully saturated rings. The number of esters is 1. The smallest absolute Gasteiger partial charge is 0.323 e. The highest BCUT2D eigenvalue weighted by Crippen LogP contribution is 2.64. The van der Waals surface area contributed by atoms with E-state index in [1.165, 1.54) is 0 Å². The van der Waals surface area contributed by atoms with Gasteiger partial charge in [0.15, 0.2) is 0 Å². The molecule has 0 spiro atoms. The Kier molecular flexibility index (Phi) is 5.17. The number of nitrogens with two attached hydrogens (primary N) is 2. The van der Waals surface area contributed by atoms with Crippen molar-refractivity contribution < 1.29 is 19.4 Å². The number of ether oxygens (including phenoxy) is 1. The van der Waals surface area contributed by atoms with E-state index in [0.717, 1.165) is 50.5 Å². The van der Waals surface area contributed by atoms with Gasteiger partial charge in [0.2, 0.25) is 5.91 Å². The number of benzene rings is 1. The van der Waals surface area contributed by atoms with Gasteiger partial charge in [-0.1, -0.05) is 12.1 Å². The lowest BCUT2D eigenvalue weighted by Crippen LogP contribution is -2.66. The number of amides is 1. The fraction of sp³-hybridized carbons (Fsp3) is 0.667. The van der Waals surface area contributed by atoms with E-state index in [4.69, 9.17) is 16.2 Å². The molecular weight excluding hydrogens is 444 g/mol. The number of carbonyl (C=O) groups is 2. The first-order valence-corrected chi connectivity index (χ1v) is 12.9. The Hall–Kier alpha value is -2.63. The summed E-state index contributed by atoms with van der Waals surface area (Å²) in [6.45, 7) is 0. The van der Waals surface area contributed by atoms with Gasteiger partial charge in [0, 0.05) is 6.04 Å². The third-order valence-electron chi connectivity index (χ3n) is 9.50. The van der Waals surface area contributed by atoms with E-state index in [1.807, 2.05) is 0 Å². The maximum absolute atomic E-state index is 13.6. The summed E-state index contributed by atoms with van der Waals surface area (Å²) in [5, 5.41) is 19.1. The van der Waals surface area contributed by atoms with Gasteiger partial charge in [-0.15, -0.1) is 0 Å². The minimum Gasteiger partial charge on any atom is -0.508 e. The molecule has 1 aliphatic heterocycles. The van der Waals surface area contributed by atoms with E-state index in [9.17, 15) is 20.0 Å². The van der Waals surface area contributed by atoms with Gasteiger partial charge >= 0.3 is 5.97 Å². The summed E-state index contributed by atoms with van der Waals surface area (Å²) in [4.78, 5) is 28.5. The molecule has 6 aliphatic rings. The molecule has 2 unspecified atom stereocenters. The molecule has 1 aromatic carbocycles. The lowest BCUT2D eigenvalue weighted by atomic mass is 9.46. The summed E-state index contributed by atoms with van der Waals surface area (Å²) in [5.41, 5.74) is 12.9. The number of nitrogens with zero attached hydrogens (tertiary/aromatic N) is 2. The number of phenols is 1. The number of hydrogen-bond donors (Lipinski definition) is 3. The molecule has 5 N–H and O–H groups in total. The van der Waals surface area contributed by atoms with Crippen LogP contribution in [0.3, 0.4) is 0 Å². The van der Waals surface area contributed by atoms with Crippen LogP contribution >= 0.6 is 0 Å². The molecule has 1 amide bonds. The Morgan fingerprint density at radius 1 is 1.11 bits per heavy atom. The summed E-state index contributed by atoms with van der Waals surface area (Å²) < 4.78 is 6.21. The maximum Gasteiger partial charge on any atom is 0.323 e. The minimum atomic E-state index is -0.799. The Balaban J connectivity index is 1.18. The van der Waals surface area contributed by atoms with Gasteiger partial charge in [-0.05, 0) is 98.7 Å². The van der Waals surface area contributed by atoms with Gasteiger partial charge < -0.3 is 26.2 Å². The molecule has 5 aliphatic carbocycles. The molecule has 35 heavy (non-hydrogen) atoms. The molecule has 8 nitrogen and oxygen atoms in total. The lowest BCUT2D eigenvalue weighted by molar-refractivity contribution is -0.207. The predicted molar refractivity (Wildman–Crippen MR) is 126 cm³/mol. The molecule has 1 heterocycles. The van der Waals surface area contributed by atoms with E-state index in [-0.39, 0.29) is 23.7 Å². The fourth-order valence-electron chi connectivity index (χ4n) is 8.30. The van der Waals surface area contributed by atoms with Gasteiger partial charge in [-0.3, -0.25) is 9.59 Å². The van der Waals surface area contributed by atoms with Crippen molar-refractivity contribution in [1.29, 1.82) is 5.26 Å². The van der Waals surface area contributed by atoms with Crippen molar-refractivity contribution in [1.82, 2.24) is 4.90 Å². The summed E-state index contributed by atoms with van der Waals surface area (Å²) >= 11 is 0. The number of carbonyl (C=O) groups excluding carboxylic acids is 2. The SMILES string of the molecule is N#C[C@@H]1C[C@@H]2C[C@@H]2N1C(=O)[C@@H](N)C12CC3CC(CC(OC(=O)[C@H](N)Cc4ccc(O)cc4)(C3)C1)C2. The van der Waals surface area contributed by atoms with Crippen molar-refractivity contribution >= 4 is 11.9 Å². The van der Waals surface area contributed by atoms with Gasteiger partial charge in [0.1, 0.15) is 23.4 Å². The zero-order valence-corrected chi connectivity index (χ0v) is 19.9. The van der Waals surface area contributed by atoms with Crippen LogP contribution in [0.15, 0.2) is 24.3 Å². The van der Waals surface area contributed by atoms with Crippen molar-refractivity contribution in [2.24, 2.45) is 34.6 Å². The molecule has 8 heteroatoms. The zero-order valence-electron chi connectivity index (χ0n) is 19.9. The van der Waals surface area contributed by atoms with Gasteiger partial charge in [-0.2, -0.15) is 5.26 Å². The van der Waals surface area contributed by atoms with Crippen LogP contribution < -0.4 is 11.5 Å². The maximum atomic E-state index is 13.6. The molecule has 0 radical (unpaired) electrons. The number of phenolic OH excluding ortho intramolecular Hbond substituents is 1. The van der Waals surface area contributed by atoms with Crippen LogP contribution in [0.1, 0.15) is 56.9 Å². The Bertz CT molecular complexity index is 1070. The van der Waals surface area contributed by atoms with Crippen LogP contribution in [-0.2, 0) is 20.7 Å². The number of nitriles is 1. The standard InChI is InChI=1S/C27H34N4O4/c28-13-19-7-18-8-22(18)31(19)24(33)23(30)26-9-16-5-17(10-26)12-27(11-16,14-26)35-25(34)21(29)6-15-1-3-20(32)4-2-15/h1-4,16-19,21-23,32H,5-12,14,29-30H2/t16?,17?,18-,19+,21-,22+,23-,26?,27?/m1/s1. The lowest BCUT2D eigenvalue weighted by Gasteiger charge is -2.62. The van der Waals surface area contributed by atoms with E-state index in [1.54, 1.807) is 29.2 Å². The first kappa shape index (κ1) is 22.8. The average molecular weight is 479 g/mol. The molecule has 1 saturated heterocycles. The first-order valence-electron chi connectivity index (χ1n) is 12.9. The summed E-state index contributed by atoms with van der Waals surface area (Å²) in [7, 11) is 0. The monoisotopic (exact) mass is 478 g/mol. The van der Waals surface area contributed by atoms with E-state index < -0.39 is 29.1 Å². The van der Waals surface area contributed by atoms with Crippen LogP contribution in [0.4, 0.5) is 0 Å². The summed E-state index contributed by atoms with van der Waals surface area (Å²) in [6.07, 6.45) is 7.14. The Labute approximate surface area is 205 Å². The summed E-state index contributed by atoms with van der Waals surface area (Å²) in [5.74, 6) is 0.885. The average Bonchev–Trinajstić information content (AvgIpc) is 3.47. The molecule has 7 atom stereocenters. The quantitative estimate of drug-likeness (QED) is 0.531. The van der Waals surface area contributed by atoms with Crippen molar-refractivity contribution in [3.63, 3.8) is 0 Å². The highest BCUT2D eigenvalue weighted by molar-refractivity contribution is 5.84. The molecule has 186 valence electrons. The van der Waals surface area contributed by atoms with Crippen molar-refractivity contribution in [2.75, 3.05) is 0 Å². The third-order valence-corrected chi connectivity index (χ3v) is 9.50. The molecular formula is C27H34N4O4. The first-order chi connectivity index (χ1) is 16.7. The van der Waals surface area contributed by atoms with Gasteiger partial charge in [-0.25, -0.2) is 0 Å². The fourth-order valence-corrected chi connectivity index (χ4v) is 8.30. The number of likely N-dealkylation sites (tertiary alicyclic amines) is 1. The van der Waals surface area contributed by atoms with Crippen LogP contribution in [0, 0.1) is 34.5 Å². The Morgan fingerprint density at radius 2 is 1.80 bits per heavy atom. The Morgan fingerprint density at radius 3 is 2.46 bits per heavy atom. The second-order valence-corrected chi connectivity index (χ2v) is 12.1. The number of piperidine rings is 1. The topological polar surface area (TPSA) is 143 Å². The molecule has 7 rings (SSSR count). The van der Waals surface area contributed by atoms with Gasteiger partial charge in [0.25, 0.3) is 0 Å². The highest BCUT2D eigenvalue weighted by Gasteiger charge is 2.64. The second-order valence-electron chi connectivity index (χ2n) is 12.1. The van der Waals surface area contributed by atoms with Crippen LogP contribution in [0.2, 0.25) is 0 Å². The van der Waals surface area contributed by atoms with E-state index in [0.29, 0.717) is 30.6 Å². The van der Waals surface area contributed by atoms with Crippen molar-refractivity contribution in [2.45, 2.75) is 87.6 Å². The molecule has 0 aromatic heterocycles. The van der Waals surface area contributed by atoms with Crippen LogP contribution in [-0.4, -0.2) is 51.7 Å². The largest absolute Gasteiger partial charge is 0.508 e. The second kappa shape index (κ2) is 7.94. The number of fused-ring (bicyclic) bond motifs is 1. The van der Waals surface area contributed by atoms with E-state index in [2.05, 4.69) is 6.07 Å². The third kappa shape index (κ3) is 3.80. The van der Waals surface area contributed by atoms with E-state index >= 15 is 0 Å². The highest BCUT2D eigenvalue weighted by atomic mass is 16.6. The van der Waals surface area contributed by atoms with Crippen LogP contribution in [0.25, 0.3) is 0 Å².